The van der Waals surface area contributed by atoms with E-state index >= 15 is 0 Å². The molecule has 2 aromatic heterocycles. The zero-order valence-electron chi connectivity index (χ0n) is 18.6. The third-order valence-corrected chi connectivity index (χ3v) is 6.69. The lowest BCUT2D eigenvalue weighted by molar-refractivity contribution is 0.0699. The van der Waals surface area contributed by atoms with E-state index in [1.807, 2.05) is 42.5 Å². The summed E-state index contributed by atoms with van der Waals surface area (Å²) in [6, 6.07) is 13.4. The second kappa shape index (κ2) is 7.01. The molecule has 0 unspecified atom stereocenters. The van der Waals surface area contributed by atoms with Crippen LogP contribution in [0.4, 0.5) is 0 Å². The van der Waals surface area contributed by atoms with Crippen LogP contribution in [0.3, 0.4) is 0 Å². The highest BCUT2D eigenvalue weighted by atomic mass is 16.5. The fourth-order valence-electron chi connectivity index (χ4n) is 5.84. The number of carbonyl (C=O) groups is 1. The summed E-state index contributed by atoms with van der Waals surface area (Å²) < 4.78 is 12.6. The van der Waals surface area contributed by atoms with Crippen LogP contribution in [-0.4, -0.2) is 40.3 Å². The Morgan fingerprint density at radius 2 is 1.94 bits per heavy atom. The zero-order valence-corrected chi connectivity index (χ0v) is 18.6. The van der Waals surface area contributed by atoms with Crippen molar-refractivity contribution in [2.45, 2.75) is 46.1 Å². The van der Waals surface area contributed by atoms with Gasteiger partial charge in [-0.25, -0.2) is 4.68 Å². The van der Waals surface area contributed by atoms with E-state index < -0.39 is 0 Å². The summed E-state index contributed by atoms with van der Waals surface area (Å²) in [7, 11) is 1.64. The number of nitrogens with zero attached hydrogens (tertiary/aromatic N) is 3. The van der Waals surface area contributed by atoms with Crippen molar-refractivity contribution in [3.63, 3.8) is 0 Å². The highest BCUT2D eigenvalue weighted by Gasteiger charge is 2.51. The number of benzene rings is 1. The van der Waals surface area contributed by atoms with Crippen molar-refractivity contribution in [3.05, 3.63) is 54.4 Å². The first-order chi connectivity index (χ1) is 14.8. The molecule has 1 aliphatic carbocycles. The third kappa shape index (κ3) is 3.54. The lowest BCUT2D eigenvalue weighted by atomic mass is 9.65. The molecule has 162 valence electrons. The summed E-state index contributed by atoms with van der Waals surface area (Å²) >= 11 is 0. The maximum atomic E-state index is 13.9. The summed E-state index contributed by atoms with van der Waals surface area (Å²) in [5, 5.41) is 4.74. The van der Waals surface area contributed by atoms with Gasteiger partial charge in [-0.2, -0.15) is 5.10 Å². The monoisotopic (exact) mass is 419 g/mol. The molecule has 1 aromatic carbocycles. The van der Waals surface area contributed by atoms with Crippen molar-refractivity contribution in [2.24, 2.45) is 10.8 Å². The number of hydrogen-bond donors (Lipinski definition) is 0. The SMILES string of the molecule is COc1ccc(-n2nc(-c3ccco3)cc2C(=O)N2C[C@@]3(C)C[C@@H]2CC(C)(C)C3)cc1. The molecule has 6 heteroatoms. The van der Waals surface area contributed by atoms with Gasteiger partial charge in [-0.15, -0.1) is 0 Å². The van der Waals surface area contributed by atoms with E-state index in [9.17, 15) is 4.79 Å². The Balaban J connectivity index is 1.55. The van der Waals surface area contributed by atoms with Crippen LogP contribution in [0.15, 0.2) is 53.1 Å². The molecular weight excluding hydrogens is 390 g/mol. The maximum absolute atomic E-state index is 13.9. The molecule has 1 saturated heterocycles. The van der Waals surface area contributed by atoms with Gasteiger partial charge < -0.3 is 14.1 Å². The van der Waals surface area contributed by atoms with Crippen molar-refractivity contribution in [1.82, 2.24) is 14.7 Å². The minimum atomic E-state index is 0.0348. The van der Waals surface area contributed by atoms with Gasteiger partial charge in [0.05, 0.1) is 19.1 Å². The topological polar surface area (TPSA) is 60.5 Å². The predicted molar refractivity (Wildman–Crippen MR) is 118 cm³/mol. The Morgan fingerprint density at radius 1 is 1.16 bits per heavy atom. The van der Waals surface area contributed by atoms with Gasteiger partial charge in [0.2, 0.25) is 0 Å². The fraction of sp³-hybridized carbons (Fsp3) is 0.440. The number of methoxy groups -OCH3 is 1. The van der Waals surface area contributed by atoms with E-state index in [4.69, 9.17) is 14.3 Å². The highest BCUT2D eigenvalue weighted by molar-refractivity contribution is 5.94. The van der Waals surface area contributed by atoms with Crippen molar-refractivity contribution in [1.29, 1.82) is 0 Å². The number of ether oxygens (including phenoxy) is 1. The summed E-state index contributed by atoms with van der Waals surface area (Å²) in [4.78, 5) is 15.9. The number of likely N-dealkylation sites (tertiary alicyclic amines) is 1. The Hall–Kier alpha value is -3.02. The average molecular weight is 420 g/mol. The van der Waals surface area contributed by atoms with Crippen LogP contribution >= 0.6 is 0 Å². The van der Waals surface area contributed by atoms with Crippen LogP contribution in [-0.2, 0) is 0 Å². The Labute approximate surface area is 182 Å². The molecule has 6 nitrogen and oxygen atoms in total. The highest BCUT2D eigenvalue weighted by Crippen LogP contribution is 2.52. The first kappa shape index (κ1) is 19.9. The van der Waals surface area contributed by atoms with E-state index in [2.05, 4.69) is 25.7 Å². The van der Waals surface area contributed by atoms with Gasteiger partial charge in [-0.05, 0) is 66.5 Å². The second-order valence-corrected chi connectivity index (χ2v) is 10.1. The van der Waals surface area contributed by atoms with E-state index in [-0.39, 0.29) is 22.8 Å². The molecule has 2 fully saturated rings. The number of fused-ring (bicyclic) bond motifs is 2. The zero-order chi connectivity index (χ0) is 21.8. The molecule has 2 atom stereocenters. The quantitative estimate of drug-likeness (QED) is 0.584. The first-order valence-electron chi connectivity index (χ1n) is 10.9. The van der Waals surface area contributed by atoms with Gasteiger partial charge in [0.25, 0.3) is 5.91 Å². The number of furan rings is 1. The summed E-state index contributed by atoms with van der Waals surface area (Å²) in [5.41, 5.74) is 2.46. The standard InChI is InChI=1S/C25H29N3O3/c1-24(2)13-18-14-25(3,15-24)16-27(18)23(29)21-12-20(22-6-5-11-31-22)26-28(21)17-7-9-19(30-4)10-8-17/h5-12,18H,13-16H2,1-4H3/t18-,25-/m0/s1. The molecule has 3 aromatic rings. The van der Waals surface area contributed by atoms with Gasteiger partial charge >= 0.3 is 0 Å². The van der Waals surface area contributed by atoms with Crippen LogP contribution in [0.1, 0.15) is 50.5 Å². The summed E-state index contributed by atoms with van der Waals surface area (Å²) in [5.74, 6) is 1.45. The lowest BCUT2D eigenvalue weighted by Gasteiger charge is -2.39. The number of carbonyl (C=O) groups excluding carboxylic acids is 1. The van der Waals surface area contributed by atoms with E-state index in [0.717, 1.165) is 37.2 Å². The maximum Gasteiger partial charge on any atom is 0.272 e. The van der Waals surface area contributed by atoms with Gasteiger partial charge in [-0.1, -0.05) is 20.8 Å². The Bertz CT molecular complexity index is 1100. The van der Waals surface area contributed by atoms with Gasteiger partial charge in [0.1, 0.15) is 17.1 Å². The van der Waals surface area contributed by atoms with Gasteiger partial charge in [0.15, 0.2) is 5.76 Å². The van der Waals surface area contributed by atoms with Crippen LogP contribution in [0.25, 0.3) is 17.1 Å². The van der Waals surface area contributed by atoms with Crippen molar-refractivity contribution in [3.8, 4) is 22.9 Å². The molecule has 1 aliphatic heterocycles. The summed E-state index contributed by atoms with van der Waals surface area (Å²) in [6.45, 7) is 7.76. The minimum absolute atomic E-state index is 0.0348. The van der Waals surface area contributed by atoms with Gasteiger partial charge in [0, 0.05) is 18.7 Å². The molecular formula is C25H29N3O3. The molecule has 1 amide bonds. The normalized spacial score (nSPS) is 24.4. The Kier molecular flexibility index (Phi) is 4.50. The second-order valence-electron chi connectivity index (χ2n) is 10.1. The molecule has 2 aliphatic rings. The number of amides is 1. The molecule has 3 heterocycles. The number of aromatic nitrogens is 2. The van der Waals surface area contributed by atoms with Crippen LogP contribution in [0.2, 0.25) is 0 Å². The Morgan fingerprint density at radius 3 is 2.61 bits per heavy atom. The van der Waals surface area contributed by atoms with Crippen LogP contribution in [0.5, 0.6) is 5.75 Å². The lowest BCUT2D eigenvalue weighted by Crippen LogP contribution is -2.38. The molecule has 0 N–H and O–H groups in total. The van der Waals surface area contributed by atoms with Crippen LogP contribution in [0, 0.1) is 10.8 Å². The van der Waals surface area contributed by atoms with E-state index in [1.165, 1.54) is 0 Å². The van der Waals surface area contributed by atoms with Crippen molar-refractivity contribution >= 4 is 5.91 Å². The van der Waals surface area contributed by atoms with Crippen molar-refractivity contribution < 1.29 is 13.9 Å². The molecule has 5 rings (SSSR count). The molecule has 31 heavy (non-hydrogen) atoms. The predicted octanol–water partition coefficient (Wildman–Crippen LogP) is 5.18. The summed E-state index contributed by atoms with van der Waals surface area (Å²) in [6.07, 6.45) is 4.88. The van der Waals surface area contributed by atoms with Gasteiger partial charge in [-0.3, -0.25) is 4.79 Å². The largest absolute Gasteiger partial charge is 0.497 e. The smallest absolute Gasteiger partial charge is 0.272 e. The van der Waals surface area contributed by atoms with E-state index in [1.54, 1.807) is 18.1 Å². The average Bonchev–Trinajstić information content (AvgIpc) is 3.44. The molecule has 1 saturated carbocycles. The minimum Gasteiger partial charge on any atom is -0.497 e. The van der Waals surface area contributed by atoms with Crippen molar-refractivity contribution in [2.75, 3.05) is 13.7 Å². The van der Waals surface area contributed by atoms with E-state index in [0.29, 0.717) is 17.1 Å². The first-order valence-corrected chi connectivity index (χ1v) is 10.9. The number of rotatable bonds is 4. The molecule has 2 bridgehead atoms. The molecule has 0 radical (unpaired) electrons. The number of hydrogen-bond acceptors (Lipinski definition) is 4. The molecule has 0 spiro atoms. The van der Waals surface area contributed by atoms with Crippen LogP contribution < -0.4 is 4.74 Å². The fourth-order valence-corrected chi connectivity index (χ4v) is 5.84. The third-order valence-electron chi connectivity index (χ3n) is 6.69.